The van der Waals surface area contributed by atoms with Crippen molar-refractivity contribution in [2.75, 3.05) is 0 Å². The Morgan fingerprint density at radius 2 is 1.17 bits per heavy atom. The molecular formula is C49H28N3O2+. The van der Waals surface area contributed by atoms with Crippen LogP contribution in [0.5, 0.6) is 0 Å². The van der Waals surface area contributed by atoms with Crippen LogP contribution in [0, 0.1) is 11.3 Å². The van der Waals surface area contributed by atoms with Crippen LogP contribution in [0.2, 0.25) is 0 Å². The van der Waals surface area contributed by atoms with Crippen molar-refractivity contribution < 1.29 is 13.4 Å². The van der Waals surface area contributed by atoms with Crippen LogP contribution in [0.15, 0.2) is 173 Å². The van der Waals surface area contributed by atoms with Crippen molar-refractivity contribution in [3.63, 3.8) is 0 Å². The van der Waals surface area contributed by atoms with Gasteiger partial charge in [0.2, 0.25) is 11.7 Å². The Kier molecular flexibility index (Phi) is 5.84. The van der Waals surface area contributed by atoms with E-state index in [1.165, 1.54) is 22.3 Å². The van der Waals surface area contributed by atoms with Crippen LogP contribution < -0.4 is 4.57 Å². The highest BCUT2D eigenvalue weighted by molar-refractivity contribution is 6.17. The summed E-state index contributed by atoms with van der Waals surface area (Å²) in [5.74, 6) is 0. The molecule has 12 rings (SSSR count). The van der Waals surface area contributed by atoms with E-state index in [2.05, 4.69) is 143 Å². The van der Waals surface area contributed by atoms with E-state index in [-0.39, 0.29) is 6.04 Å². The van der Waals surface area contributed by atoms with Gasteiger partial charge in [0.1, 0.15) is 22.3 Å². The largest absolute Gasteiger partial charge is 0.456 e. The van der Waals surface area contributed by atoms with Gasteiger partial charge < -0.3 is 13.4 Å². The van der Waals surface area contributed by atoms with Crippen LogP contribution in [-0.2, 0) is 0 Å². The molecule has 0 radical (unpaired) electrons. The number of rotatable bonds is 3. The van der Waals surface area contributed by atoms with Gasteiger partial charge >= 0.3 is 0 Å². The number of furan rings is 2. The molecule has 54 heavy (non-hydrogen) atoms. The predicted octanol–water partition coefficient (Wildman–Crippen LogP) is 12.0. The molecule has 7 aromatic carbocycles. The average molecular weight is 691 g/mol. The first-order valence-electron chi connectivity index (χ1n) is 18.2. The maximum atomic E-state index is 10.3. The van der Waals surface area contributed by atoms with Gasteiger partial charge in [-0.1, -0.05) is 78.9 Å². The van der Waals surface area contributed by atoms with Gasteiger partial charge in [0.05, 0.1) is 33.9 Å². The van der Waals surface area contributed by atoms with Crippen molar-refractivity contribution in [3.8, 4) is 34.1 Å². The Hall–Kier alpha value is -7.42. The Balaban J connectivity index is 1.15. The highest BCUT2D eigenvalue weighted by atomic mass is 16.3. The molecule has 0 fully saturated rings. The monoisotopic (exact) mass is 690 g/mol. The molecule has 0 saturated carbocycles. The van der Waals surface area contributed by atoms with E-state index in [0.29, 0.717) is 5.56 Å². The molecule has 0 N–H and O–H groups in total. The van der Waals surface area contributed by atoms with E-state index in [0.717, 1.165) is 82.6 Å². The average Bonchev–Trinajstić information content (AvgIpc) is 3.96. The van der Waals surface area contributed by atoms with Crippen LogP contribution in [-0.4, -0.2) is 4.57 Å². The lowest BCUT2D eigenvalue weighted by atomic mass is 9.99. The van der Waals surface area contributed by atoms with Gasteiger partial charge in [-0.15, -0.1) is 0 Å². The number of nitriles is 1. The van der Waals surface area contributed by atoms with Gasteiger partial charge in [-0.2, -0.15) is 9.83 Å². The van der Waals surface area contributed by atoms with E-state index >= 15 is 0 Å². The molecule has 5 nitrogen and oxygen atoms in total. The quantitative estimate of drug-likeness (QED) is 0.173. The zero-order valence-corrected chi connectivity index (χ0v) is 28.8. The molecule has 4 heterocycles. The highest BCUT2D eigenvalue weighted by Gasteiger charge is 2.38. The number of para-hydroxylation sites is 3. The van der Waals surface area contributed by atoms with Crippen molar-refractivity contribution >= 4 is 65.7 Å². The van der Waals surface area contributed by atoms with Crippen LogP contribution in [0.1, 0.15) is 22.7 Å². The molecule has 0 spiro atoms. The van der Waals surface area contributed by atoms with Crippen molar-refractivity contribution in [2.24, 2.45) is 0 Å². The Labute approximate surface area is 308 Å². The number of hydrogen-bond acceptors (Lipinski definition) is 3. The van der Waals surface area contributed by atoms with Gasteiger partial charge in [-0.3, -0.25) is 0 Å². The summed E-state index contributed by atoms with van der Waals surface area (Å²) in [5.41, 5.74) is 14.1. The number of hydrogen-bond donors (Lipinski definition) is 0. The molecular weight excluding hydrogens is 663 g/mol. The molecule has 1 unspecified atom stereocenters. The minimum Gasteiger partial charge on any atom is -0.456 e. The lowest BCUT2D eigenvalue weighted by Crippen LogP contribution is -2.41. The summed E-state index contributed by atoms with van der Waals surface area (Å²) in [6, 6.07) is 57.5. The van der Waals surface area contributed by atoms with Crippen LogP contribution in [0.4, 0.5) is 0 Å². The molecule has 0 saturated heterocycles. The topological polar surface area (TPSA) is 58.9 Å². The minimum atomic E-state index is -0.112. The zero-order valence-electron chi connectivity index (χ0n) is 28.8. The molecule has 1 aliphatic carbocycles. The van der Waals surface area contributed by atoms with Crippen molar-refractivity contribution in [3.05, 3.63) is 181 Å². The van der Waals surface area contributed by atoms with Gasteiger partial charge in [0.25, 0.3) is 0 Å². The normalized spacial score (nSPS) is 13.7. The molecule has 250 valence electrons. The highest BCUT2D eigenvalue weighted by Crippen LogP contribution is 2.47. The van der Waals surface area contributed by atoms with Gasteiger partial charge in [0.15, 0.2) is 6.20 Å². The lowest BCUT2D eigenvalue weighted by molar-refractivity contribution is -0.693. The molecule has 11 aromatic rings. The third-order valence-corrected chi connectivity index (χ3v) is 11.4. The minimum absolute atomic E-state index is 0.112. The Bertz CT molecular complexity index is 3430. The van der Waals surface area contributed by atoms with Crippen molar-refractivity contribution in [1.82, 2.24) is 4.57 Å². The number of benzene rings is 7. The van der Waals surface area contributed by atoms with Crippen molar-refractivity contribution in [1.29, 1.82) is 5.26 Å². The number of pyridine rings is 1. The summed E-state index contributed by atoms with van der Waals surface area (Å²) < 4.78 is 17.5. The van der Waals surface area contributed by atoms with E-state index in [1.807, 2.05) is 36.4 Å². The summed E-state index contributed by atoms with van der Waals surface area (Å²) in [5, 5.41) is 16.9. The summed E-state index contributed by atoms with van der Waals surface area (Å²) >= 11 is 0. The molecule has 0 aliphatic heterocycles. The van der Waals surface area contributed by atoms with E-state index in [4.69, 9.17) is 8.83 Å². The summed E-state index contributed by atoms with van der Waals surface area (Å²) in [4.78, 5) is 0. The van der Waals surface area contributed by atoms with Gasteiger partial charge in [-0.05, 0) is 77.9 Å². The molecule has 1 atom stereocenters. The fraction of sp³-hybridized carbons (Fsp3) is 0.0204. The van der Waals surface area contributed by atoms with Gasteiger partial charge in [0, 0.05) is 55.6 Å². The second kappa shape index (κ2) is 10.8. The second-order valence-electron chi connectivity index (χ2n) is 14.2. The van der Waals surface area contributed by atoms with E-state index < -0.39 is 0 Å². The Morgan fingerprint density at radius 3 is 1.98 bits per heavy atom. The van der Waals surface area contributed by atoms with Crippen molar-refractivity contribution in [2.45, 2.75) is 6.04 Å². The standard InChI is InChI=1S/C49H28N3O2/c50-28-29-20-21-43(52-42-17-6-3-12-31(42)36-27-48-38(25-44(36)52)33-14-5-8-19-46(33)54-48)40(23-29)41-16-9-10-22-51(41)49-34-15-2-1-11-30(34)35-26-47-37(24-39(35)49)32-13-4-7-18-45(32)53-47/h1-27,49H/q+1. The van der Waals surface area contributed by atoms with Crippen LogP contribution in [0.25, 0.3) is 93.8 Å². The van der Waals surface area contributed by atoms with Gasteiger partial charge in [-0.25, -0.2) is 0 Å². The van der Waals surface area contributed by atoms with E-state index in [1.54, 1.807) is 0 Å². The molecule has 0 bridgehead atoms. The maximum absolute atomic E-state index is 10.3. The predicted molar refractivity (Wildman–Crippen MR) is 215 cm³/mol. The summed E-state index contributed by atoms with van der Waals surface area (Å²) in [7, 11) is 0. The van der Waals surface area contributed by atoms with E-state index in [9.17, 15) is 5.26 Å². The second-order valence-corrected chi connectivity index (χ2v) is 14.2. The number of aromatic nitrogens is 2. The smallest absolute Gasteiger partial charge is 0.215 e. The first-order valence-corrected chi connectivity index (χ1v) is 18.2. The van der Waals surface area contributed by atoms with Crippen LogP contribution in [0.3, 0.4) is 0 Å². The summed E-state index contributed by atoms with van der Waals surface area (Å²) in [6.45, 7) is 0. The maximum Gasteiger partial charge on any atom is 0.215 e. The number of nitrogens with zero attached hydrogens (tertiary/aromatic N) is 3. The zero-order chi connectivity index (χ0) is 35.5. The fourth-order valence-electron chi connectivity index (χ4n) is 9.06. The molecule has 5 heteroatoms. The molecule has 0 amide bonds. The Morgan fingerprint density at radius 1 is 0.481 bits per heavy atom. The molecule has 1 aliphatic rings. The lowest BCUT2D eigenvalue weighted by Gasteiger charge is -2.17. The van der Waals surface area contributed by atoms with Crippen LogP contribution >= 0.6 is 0 Å². The first kappa shape index (κ1) is 29.2. The SMILES string of the molecule is N#Cc1ccc(-n2c3ccccc3c3cc4oc5ccccc5c4cc32)c(-c2cccc[n+]2C2c3ccccc3-c3cc4oc5ccccc5c4cc32)c1. The third-order valence-electron chi connectivity index (χ3n) is 11.4. The number of fused-ring (bicyclic) bond motifs is 12. The first-order chi connectivity index (χ1) is 26.7. The molecule has 4 aromatic heterocycles. The summed E-state index contributed by atoms with van der Waals surface area (Å²) in [6.07, 6.45) is 2.18. The fourth-order valence-corrected chi connectivity index (χ4v) is 9.06. The third kappa shape index (κ3) is 3.94.